The zero-order chi connectivity index (χ0) is 18.5. The first-order valence-electron chi connectivity index (χ1n) is 8.87. The minimum atomic E-state index is -0.826. The highest BCUT2D eigenvalue weighted by atomic mass is 16.5. The van der Waals surface area contributed by atoms with Gasteiger partial charge in [0.15, 0.2) is 0 Å². The van der Waals surface area contributed by atoms with Crippen molar-refractivity contribution in [2.45, 2.75) is 38.8 Å². The molecule has 2 aromatic carbocycles. The molecule has 0 amide bonds. The Morgan fingerprint density at radius 2 is 1.85 bits per heavy atom. The van der Waals surface area contributed by atoms with Gasteiger partial charge in [-0.3, -0.25) is 9.59 Å². The van der Waals surface area contributed by atoms with E-state index < -0.39 is 12.0 Å². The third kappa shape index (κ3) is 3.94. The van der Waals surface area contributed by atoms with E-state index in [4.69, 9.17) is 15.2 Å². The maximum Gasteiger partial charge on any atom is 0.323 e. The van der Waals surface area contributed by atoms with E-state index in [1.807, 2.05) is 24.3 Å². The second-order valence-corrected chi connectivity index (χ2v) is 6.34. The van der Waals surface area contributed by atoms with Gasteiger partial charge in [0, 0.05) is 6.42 Å². The van der Waals surface area contributed by atoms with Gasteiger partial charge in [-0.25, -0.2) is 0 Å². The van der Waals surface area contributed by atoms with Crippen molar-refractivity contribution in [2.75, 3.05) is 6.61 Å². The molecule has 0 saturated carbocycles. The van der Waals surface area contributed by atoms with Crippen molar-refractivity contribution in [3.63, 3.8) is 0 Å². The Bertz CT molecular complexity index is 815. The first-order valence-corrected chi connectivity index (χ1v) is 8.87. The van der Waals surface area contributed by atoms with E-state index >= 15 is 0 Å². The van der Waals surface area contributed by atoms with Crippen molar-refractivity contribution in [2.24, 2.45) is 5.73 Å². The number of benzene rings is 2. The van der Waals surface area contributed by atoms with E-state index in [1.165, 1.54) is 22.3 Å². The molecule has 3 rings (SSSR count). The molecule has 1 aliphatic carbocycles. The van der Waals surface area contributed by atoms with Crippen LogP contribution in [-0.4, -0.2) is 24.6 Å². The number of ether oxygens (including phenoxy) is 2. The zero-order valence-electron chi connectivity index (χ0n) is 14.9. The molecule has 0 saturated heterocycles. The molecule has 0 fully saturated rings. The van der Waals surface area contributed by atoms with Crippen molar-refractivity contribution in [1.82, 2.24) is 0 Å². The van der Waals surface area contributed by atoms with E-state index in [-0.39, 0.29) is 25.4 Å². The monoisotopic (exact) mass is 353 g/mol. The molecule has 26 heavy (non-hydrogen) atoms. The molecule has 5 nitrogen and oxygen atoms in total. The quantitative estimate of drug-likeness (QED) is 0.661. The Balaban J connectivity index is 1.59. The lowest BCUT2D eigenvalue weighted by atomic mass is 10.0. The van der Waals surface area contributed by atoms with Crippen LogP contribution in [-0.2, 0) is 32.1 Å². The SMILES string of the molecule is CCOC(=O)CCC(N)C(=O)OCc1cccc2c1Cc1ccccc1-2. The summed E-state index contributed by atoms with van der Waals surface area (Å²) < 4.78 is 10.2. The second-order valence-electron chi connectivity index (χ2n) is 6.34. The van der Waals surface area contributed by atoms with Crippen LogP contribution in [0.25, 0.3) is 11.1 Å². The van der Waals surface area contributed by atoms with Crippen LogP contribution in [0.15, 0.2) is 42.5 Å². The standard InChI is InChI=1S/C21H23NO4/c1-2-25-20(23)11-10-19(22)21(24)26-13-15-7-5-9-17-16-8-4-3-6-14(16)12-18(15)17/h3-9,19H,2,10-13,22H2,1H3. The second kappa shape index (κ2) is 8.15. The van der Waals surface area contributed by atoms with E-state index in [9.17, 15) is 9.59 Å². The van der Waals surface area contributed by atoms with E-state index in [1.54, 1.807) is 6.92 Å². The average Bonchev–Trinajstić information content (AvgIpc) is 3.03. The predicted octanol–water partition coefficient (Wildman–Crippen LogP) is 2.97. The van der Waals surface area contributed by atoms with Gasteiger partial charge in [0.2, 0.25) is 0 Å². The molecular formula is C21H23NO4. The topological polar surface area (TPSA) is 78.6 Å². The van der Waals surface area contributed by atoms with Gasteiger partial charge in [-0.2, -0.15) is 0 Å². The van der Waals surface area contributed by atoms with Crippen LogP contribution < -0.4 is 5.73 Å². The number of carbonyl (C=O) groups is 2. The minimum absolute atomic E-state index is 0.111. The number of hydrogen-bond donors (Lipinski definition) is 1. The Labute approximate surface area is 153 Å². The maximum atomic E-state index is 12.1. The predicted molar refractivity (Wildman–Crippen MR) is 98.3 cm³/mol. The molecule has 1 unspecified atom stereocenters. The summed E-state index contributed by atoms with van der Waals surface area (Å²) in [5.41, 5.74) is 11.7. The normalized spacial score (nSPS) is 12.8. The maximum absolute atomic E-state index is 12.1. The summed E-state index contributed by atoms with van der Waals surface area (Å²) in [4.78, 5) is 23.5. The molecule has 2 N–H and O–H groups in total. The van der Waals surface area contributed by atoms with Gasteiger partial charge in [-0.1, -0.05) is 42.5 Å². The number of esters is 2. The van der Waals surface area contributed by atoms with Gasteiger partial charge in [0.25, 0.3) is 0 Å². The number of hydrogen-bond acceptors (Lipinski definition) is 5. The Morgan fingerprint density at radius 1 is 1.08 bits per heavy atom. The van der Waals surface area contributed by atoms with Gasteiger partial charge in [0.05, 0.1) is 6.61 Å². The largest absolute Gasteiger partial charge is 0.466 e. The summed E-state index contributed by atoms with van der Waals surface area (Å²) in [7, 11) is 0. The molecular weight excluding hydrogens is 330 g/mol. The number of rotatable bonds is 7. The Kier molecular flexibility index (Phi) is 5.68. The Morgan fingerprint density at radius 3 is 2.65 bits per heavy atom. The molecule has 0 radical (unpaired) electrons. The fourth-order valence-electron chi connectivity index (χ4n) is 3.24. The number of carbonyl (C=O) groups excluding carboxylic acids is 2. The molecule has 2 aromatic rings. The van der Waals surface area contributed by atoms with Crippen LogP contribution in [0.3, 0.4) is 0 Å². The molecule has 5 heteroatoms. The van der Waals surface area contributed by atoms with E-state index in [2.05, 4.69) is 18.2 Å². The first kappa shape index (κ1) is 18.1. The van der Waals surface area contributed by atoms with Gasteiger partial charge < -0.3 is 15.2 Å². The average molecular weight is 353 g/mol. The summed E-state index contributed by atoms with van der Waals surface area (Å²) in [5.74, 6) is -0.850. The molecule has 0 spiro atoms. The van der Waals surface area contributed by atoms with Crippen molar-refractivity contribution in [3.05, 3.63) is 59.2 Å². The molecule has 0 bridgehead atoms. The first-order chi connectivity index (χ1) is 12.6. The lowest BCUT2D eigenvalue weighted by Gasteiger charge is -2.13. The van der Waals surface area contributed by atoms with Gasteiger partial charge in [0.1, 0.15) is 12.6 Å². The smallest absolute Gasteiger partial charge is 0.323 e. The van der Waals surface area contributed by atoms with Crippen LogP contribution in [0, 0.1) is 0 Å². The molecule has 1 atom stereocenters. The summed E-state index contributed by atoms with van der Waals surface area (Å²) >= 11 is 0. The number of fused-ring (bicyclic) bond motifs is 3. The van der Waals surface area contributed by atoms with Gasteiger partial charge >= 0.3 is 11.9 Å². The molecule has 136 valence electrons. The molecule has 0 aliphatic heterocycles. The van der Waals surface area contributed by atoms with Crippen LogP contribution >= 0.6 is 0 Å². The summed E-state index contributed by atoms with van der Waals surface area (Å²) in [5, 5.41) is 0. The van der Waals surface area contributed by atoms with Crippen LogP contribution in [0.5, 0.6) is 0 Å². The highest BCUT2D eigenvalue weighted by molar-refractivity contribution is 5.79. The van der Waals surface area contributed by atoms with Crippen LogP contribution in [0.4, 0.5) is 0 Å². The highest BCUT2D eigenvalue weighted by Gasteiger charge is 2.22. The van der Waals surface area contributed by atoms with Crippen molar-refractivity contribution >= 4 is 11.9 Å². The van der Waals surface area contributed by atoms with E-state index in [0.29, 0.717) is 6.61 Å². The van der Waals surface area contributed by atoms with Crippen molar-refractivity contribution in [3.8, 4) is 11.1 Å². The third-order valence-electron chi connectivity index (χ3n) is 4.59. The van der Waals surface area contributed by atoms with Gasteiger partial charge in [-0.15, -0.1) is 0 Å². The number of nitrogens with two attached hydrogens (primary N) is 1. The minimum Gasteiger partial charge on any atom is -0.466 e. The molecule has 0 aromatic heterocycles. The highest BCUT2D eigenvalue weighted by Crippen LogP contribution is 2.38. The van der Waals surface area contributed by atoms with Crippen molar-refractivity contribution in [1.29, 1.82) is 0 Å². The van der Waals surface area contributed by atoms with Crippen LogP contribution in [0.2, 0.25) is 0 Å². The fourth-order valence-corrected chi connectivity index (χ4v) is 3.24. The molecule has 1 aliphatic rings. The van der Waals surface area contributed by atoms with Crippen molar-refractivity contribution < 1.29 is 19.1 Å². The Hall–Kier alpha value is -2.66. The van der Waals surface area contributed by atoms with E-state index in [0.717, 1.165) is 12.0 Å². The third-order valence-corrected chi connectivity index (χ3v) is 4.59. The summed E-state index contributed by atoms with van der Waals surface area (Å²) in [6, 6.07) is 13.5. The van der Waals surface area contributed by atoms with Crippen LogP contribution in [0.1, 0.15) is 36.5 Å². The van der Waals surface area contributed by atoms with Gasteiger partial charge in [-0.05, 0) is 47.6 Å². The lowest BCUT2D eigenvalue weighted by molar-refractivity contribution is -0.147. The lowest BCUT2D eigenvalue weighted by Crippen LogP contribution is -2.33. The zero-order valence-corrected chi connectivity index (χ0v) is 14.9. The fraction of sp³-hybridized carbons (Fsp3) is 0.333. The summed E-state index contributed by atoms with van der Waals surface area (Å²) in [6.45, 7) is 2.24. The summed E-state index contributed by atoms with van der Waals surface area (Å²) in [6.07, 6.45) is 1.17. The molecule has 0 heterocycles.